The molecule has 0 saturated heterocycles. The van der Waals surface area contributed by atoms with E-state index < -0.39 is 0 Å². The van der Waals surface area contributed by atoms with Gasteiger partial charge in [-0.05, 0) is 6.07 Å². The number of aromatic amines is 1. The first kappa shape index (κ1) is 11.5. The number of hydrogen-bond donors (Lipinski definition) is 2. The molecule has 0 aliphatic rings. The Morgan fingerprint density at radius 3 is 3.11 bits per heavy atom. The molecule has 0 bridgehead atoms. The van der Waals surface area contributed by atoms with Gasteiger partial charge in [-0.3, -0.25) is 9.89 Å². The number of nitrogens with zero attached hydrogens (tertiary/aromatic N) is 3. The monoisotopic (exact) mass is 255 g/mol. The van der Waals surface area contributed by atoms with Gasteiger partial charge in [0.1, 0.15) is 0 Å². The Morgan fingerprint density at radius 1 is 1.37 bits per heavy atom. The Kier molecular flexibility index (Phi) is 2.97. The largest absolute Gasteiger partial charge is 0.349 e. The number of para-hydroxylation sites is 1. The molecule has 2 N–H and O–H groups in total. The van der Waals surface area contributed by atoms with E-state index in [0.29, 0.717) is 18.8 Å². The van der Waals surface area contributed by atoms with Gasteiger partial charge in [-0.2, -0.15) is 5.10 Å². The van der Waals surface area contributed by atoms with Crippen molar-refractivity contribution in [2.24, 2.45) is 0 Å². The topological polar surface area (TPSA) is 75.6 Å². The SMILES string of the molecule is O=C(NCCn1ccnc1)c1n[nH]c2ccccc12. The average molecular weight is 255 g/mol. The maximum absolute atomic E-state index is 12.0. The minimum atomic E-state index is -0.169. The molecule has 0 radical (unpaired) electrons. The first-order chi connectivity index (χ1) is 9.34. The van der Waals surface area contributed by atoms with Crippen molar-refractivity contribution in [1.29, 1.82) is 0 Å². The number of carbonyl (C=O) groups excluding carboxylic acids is 1. The summed E-state index contributed by atoms with van der Waals surface area (Å²) in [7, 11) is 0. The molecular weight excluding hydrogens is 242 g/mol. The quantitative estimate of drug-likeness (QED) is 0.735. The highest BCUT2D eigenvalue weighted by atomic mass is 16.1. The molecule has 3 aromatic rings. The van der Waals surface area contributed by atoms with Crippen LogP contribution in [-0.2, 0) is 6.54 Å². The second kappa shape index (κ2) is 4.93. The number of benzene rings is 1. The lowest BCUT2D eigenvalue weighted by molar-refractivity contribution is 0.0949. The van der Waals surface area contributed by atoms with Gasteiger partial charge in [0.25, 0.3) is 5.91 Å². The third kappa shape index (κ3) is 2.33. The Hall–Kier alpha value is -2.63. The van der Waals surface area contributed by atoms with Crippen molar-refractivity contribution in [2.45, 2.75) is 6.54 Å². The van der Waals surface area contributed by atoms with E-state index in [1.54, 1.807) is 12.5 Å². The highest BCUT2D eigenvalue weighted by Crippen LogP contribution is 2.14. The molecule has 0 atom stereocenters. The lowest BCUT2D eigenvalue weighted by Gasteiger charge is -2.04. The molecule has 1 amide bonds. The van der Waals surface area contributed by atoms with E-state index in [1.165, 1.54) is 0 Å². The van der Waals surface area contributed by atoms with E-state index in [9.17, 15) is 4.79 Å². The Labute approximate surface area is 109 Å². The summed E-state index contributed by atoms with van der Waals surface area (Å²) in [4.78, 5) is 16.0. The molecule has 6 nitrogen and oxygen atoms in total. The highest BCUT2D eigenvalue weighted by molar-refractivity contribution is 6.04. The zero-order chi connectivity index (χ0) is 13.1. The Balaban J connectivity index is 1.67. The third-order valence-corrected chi connectivity index (χ3v) is 2.90. The lowest BCUT2D eigenvalue weighted by atomic mass is 10.2. The van der Waals surface area contributed by atoms with Crippen LogP contribution in [0.15, 0.2) is 43.0 Å². The Morgan fingerprint density at radius 2 is 2.26 bits per heavy atom. The van der Waals surface area contributed by atoms with Gasteiger partial charge in [-0.15, -0.1) is 0 Å². The van der Waals surface area contributed by atoms with E-state index in [0.717, 1.165) is 10.9 Å². The van der Waals surface area contributed by atoms with E-state index in [-0.39, 0.29) is 5.91 Å². The predicted molar refractivity (Wildman–Crippen MR) is 70.7 cm³/mol. The van der Waals surface area contributed by atoms with Crippen LogP contribution in [0.4, 0.5) is 0 Å². The zero-order valence-electron chi connectivity index (χ0n) is 10.2. The molecule has 6 heteroatoms. The maximum Gasteiger partial charge on any atom is 0.272 e. The molecule has 0 unspecified atom stereocenters. The lowest BCUT2D eigenvalue weighted by Crippen LogP contribution is -2.27. The number of carbonyl (C=O) groups is 1. The first-order valence-corrected chi connectivity index (χ1v) is 6.01. The summed E-state index contributed by atoms with van der Waals surface area (Å²) in [6.07, 6.45) is 5.29. The second-order valence-corrected chi connectivity index (χ2v) is 4.17. The minimum absolute atomic E-state index is 0.169. The fourth-order valence-electron chi connectivity index (χ4n) is 1.94. The minimum Gasteiger partial charge on any atom is -0.349 e. The standard InChI is InChI=1S/C13H13N5O/c19-13(15-6-8-18-7-5-14-9-18)12-10-3-1-2-4-11(10)16-17-12/h1-5,7,9H,6,8H2,(H,15,19)(H,16,17). The van der Waals surface area contributed by atoms with Crippen LogP contribution in [0.2, 0.25) is 0 Å². The number of rotatable bonds is 4. The van der Waals surface area contributed by atoms with Crippen LogP contribution >= 0.6 is 0 Å². The summed E-state index contributed by atoms with van der Waals surface area (Å²) in [5, 5.41) is 10.6. The van der Waals surface area contributed by atoms with Crippen molar-refractivity contribution in [3.63, 3.8) is 0 Å². The summed E-state index contributed by atoms with van der Waals surface area (Å²) >= 11 is 0. The molecule has 19 heavy (non-hydrogen) atoms. The number of fused-ring (bicyclic) bond motifs is 1. The number of nitrogens with one attached hydrogen (secondary N) is 2. The molecule has 0 saturated carbocycles. The van der Waals surface area contributed by atoms with Crippen LogP contribution in [0.25, 0.3) is 10.9 Å². The molecule has 3 rings (SSSR count). The summed E-state index contributed by atoms with van der Waals surface area (Å²) in [5.41, 5.74) is 1.29. The number of amides is 1. The number of imidazole rings is 1. The van der Waals surface area contributed by atoms with Gasteiger partial charge in [0.15, 0.2) is 5.69 Å². The molecule has 0 aliphatic heterocycles. The predicted octanol–water partition coefficient (Wildman–Crippen LogP) is 1.19. The van der Waals surface area contributed by atoms with E-state index in [1.807, 2.05) is 35.0 Å². The Bertz CT molecular complexity index is 686. The van der Waals surface area contributed by atoms with Crippen molar-refractivity contribution in [3.05, 3.63) is 48.7 Å². The fourth-order valence-corrected chi connectivity index (χ4v) is 1.94. The van der Waals surface area contributed by atoms with Crippen molar-refractivity contribution in [2.75, 3.05) is 6.54 Å². The van der Waals surface area contributed by atoms with Crippen molar-refractivity contribution < 1.29 is 4.79 Å². The van der Waals surface area contributed by atoms with Crippen molar-refractivity contribution in [1.82, 2.24) is 25.1 Å². The molecule has 96 valence electrons. The fraction of sp³-hybridized carbons (Fsp3) is 0.154. The third-order valence-electron chi connectivity index (χ3n) is 2.90. The van der Waals surface area contributed by atoms with E-state index in [4.69, 9.17) is 0 Å². The molecule has 2 aromatic heterocycles. The van der Waals surface area contributed by atoms with Crippen LogP contribution in [0, 0.1) is 0 Å². The zero-order valence-corrected chi connectivity index (χ0v) is 10.2. The molecule has 0 fully saturated rings. The number of H-pyrrole nitrogens is 1. The van der Waals surface area contributed by atoms with Gasteiger partial charge in [0.05, 0.1) is 11.8 Å². The van der Waals surface area contributed by atoms with Crippen molar-refractivity contribution >= 4 is 16.8 Å². The van der Waals surface area contributed by atoms with Gasteiger partial charge in [-0.25, -0.2) is 4.98 Å². The second-order valence-electron chi connectivity index (χ2n) is 4.17. The van der Waals surface area contributed by atoms with Gasteiger partial charge < -0.3 is 9.88 Å². The maximum atomic E-state index is 12.0. The summed E-state index contributed by atoms with van der Waals surface area (Å²) < 4.78 is 1.91. The van der Waals surface area contributed by atoms with Crippen LogP contribution in [-0.4, -0.2) is 32.2 Å². The van der Waals surface area contributed by atoms with Crippen LogP contribution in [0.5, 0.6) is 0 Å². The van der Waals surface area contributed by atoms with Gasteiger partial charge in [-0.1, -0.05) is 18.2 Å². The summed E-state index contributed by atoms with van der Waals surface area (Å²) in [5.74, 6) is -0.169. The van der Waals surface area contributed by atoms with Crippen LogP contribution in [0.3, 0.4) is 0 Å². The summed E-state index contributed by atoms with van der Waals surface area (Å²) in [6, 6.07) is 7.57. The molecule has 2 heterocycles. The number of hydrogen-bond acceptors (Lipinski definition) is 3. The smallest absolute Gasteiger partial charge is 0.272 e. The summed E-state index contributed by atoms with van der Waals surface area (Å²) in [6.45, 7) is 1.23. The van der Waals surface area contributed by atoms with Crippen molar-refractivity contribution in [3.8, 4) is 0 Å². The van der Waals surface area contributed by atoms with E-state index in [2.05, 4.69) is 20.5 Å². The normalized spacial score (nSPS) is 10.7. The number of aromatic nitrogens is 4. The highest BCUT2D eigenvalue weighted by Gasteiger charge is 2.12. The molecule has 0 aliphatic carbocycles. The van der Waals surface area contributed by atoms with Crippen LogP contribution < -0.4 is 5.32 Å². The van der Waals surface area contributed by atoms with E-state index >= 15 is 0 Å². The molecule has 1 aromatic carbocycles. The average Bonchev–Trinajstić information content (AvgIpc) is 3.07. The van der Waals surface area contributed by atoms with Gasteiger partial charge in [0.2, 0.25) is 0 Å². The van der Waals surface area contributed by atoms with Gasteiger partial charge in [0, 0.05) is 30.9 Å². The van der Waals surface area contributed by atoms with Gasteiger partial charge >= 0.3 is 0 Å². The molecular formula is C13H13N5O. The first-order valence-electron chi connectivity index (χ1n) is 6.01. The molecule has 0 spiro atoms. The van der Waals surface area contributed by atoms with Crippen LogP contribution in [0.1, 0.15) is 10.5 Å².